The van der Waals surface area contributed by atoms with Crippen molar-refractivity contribution in [3.8, 4) is 11.5 Å². The van der Waals surface area contributed by atoms with Crippen molar-refractivity contribution in [3.05, 3.63) is 101 Å². The highest BCUT2D eigenvalue weighted by atomic mass is 32.2. The van der Waals surface area contributed by atoms with Gasteiger partial charge in [0.05, 0.1) is 17.7 Å². The van der Waals surface area contributed by atoms with E-state index in [1.54, 1.807) is 24.4 Å². The number of hydrogen-bond donors (Lipinski definition) is 0. The smallest absolute Gasteiger partial charge is 0.270 e. The maximum atomic E-state index is 13.3. The van der Waals surface area contributed by atoms with E-state index >= 15 is 0 Å². The molecule has 0 aliphatic carbocycles. The quantitative estimate of drug-likeness (QED) is 0.239. The van der Waals surface area contributed by atoms with Crippen LogP contribution in [0, 0.1) is 0 Å². The Morgan fingerprint density at radius 1 is 1.00 bits per heavy atom. The standard InChI is InChI=1S/C27H20N2O3S2/c1-31-24-15-19(9-10-23(24)32-17-18-11-13-28-14-12-18)16-25-26(30)29(27(33)34-25)22-8-4-6-20-5-2-3-7-21(20)22/h2-16H,17H2,1H3/b25-16-. The second-order valence-corrected chi connectivity index (χ2v) is 9.25. The number of hydrogen-bond acceptors (Lipinski definition) is 6. The third-order valence-electron chi connectivity index (χ3n) is 5.43. The molecule has 1 amide bonds. The molecule has 0 atom stereocenters. The molecule has 1 aliphatic rings. The molecule has 1 aromatic heterocycles. The summed E-state index contributed by atoms with van der Waals surface area (Å²) in [5.74, 6) is 1.08. The van der Waals surface area contributed by atoms with Crippen molar-refractivity contribution < 1.29 is 14.3 Å². The maximum Gasteiger partial charge on any atom is 0.270 e. The van der Waals surface area contributed by atoms with Crippen molar-refractivity contribution >= 4 is 56.7 Å². The number of rotatable bonds is 6. The largest absolute Gasteiger partial charge is 0.493 e. The van der Waals surface area contributed by atoms with Crippen LogP contribution in [0.2, 0.25) is 0 Å². The number of nitrogens with zero attached hydrogens (tertiary/aromatic N) is 2. The van der Waals surface area contributed by atoms with Gasteiger partial charge in [0.15, 0.2) is 15.8 Å². The van der Waals surface area contributed by atoms with Crippen LogP contribution in [0.15, 0.2) is 90.1 Å². The minimum atomic E-state index is -0.136. The topological polar surface area (TPSA) is 51.7 Å². The zero-order valence-corrected chi connectivity index (χ0v) is 19.9. The summed E-state index contributed by atoms with van der Waals surface area (Å²) in [5, 5.41) is 2.05. The number of aromatic nitrogens is 1. The summed E-state index contributed by atoms with van der Waals surface area (Å²) in [6.07, 6.45) is 5.29. The molecule has 0 spiro atoms. The lowest BCUT2D eigenvalue weighted by Crippen LogP contribution is -2.27. The molecule has 1 aliphatic heterocycles. The molecule has 2 heterocycles. The molecule has 0 N–H and O–H groups in total. The van der Waals surface area contributed by atoms with Gasteiger partial charge in [-0.1, -0.05) is 66.4 Å². The van der Waals surface area contributed by atoms with E-state index in [1.165, 1.54) is 11.8 Å². The molecule has 4 aromatic rings. The molecular weight excluding hydrogens is 464 g/mol. The van der Waals surface area contributed by atoms with Gasteiger partial charge in [0.25, 0.3) is 5.91 Å². The number of thiocarbonyl (C=S) groups is 1. The van der Waals surface area contributed by atoms with Crippen LogP contribution in [-0.4, -0.2) is 22.3 Å². The number of pyridine rings is 1. The number of methoxy groups -OCH3 is 1. The van der Waals surface area contributed by atoms with Gasteiger partial charge in [0.2, 0.25) is 0 Å². The number of carbonyl (C=O) groups is 1. The van der Waals surface area contributed by atoms with E-state index in [0.29, 0.717) is 27.3 Å². The second kappa shape index (κ2) is 9.67. The summed E-state index contributed by atoms with van der Waals surface area (Å²) in [4.78, 5) is 19.5. The number of benzene rings is 3. The Kier molecular flexibility index (Phi) is 6.29. The Bertz CT molecular complexity index is 1410. The van der Waals surface area contributed by atoms with Gasteiger partial charge in [-0.05, 0) is 52.9 Å². The Labute approximate surface area is 207 Å². The zero-order chi connectivity index (χ0) is 23.5. The normalized spacial score (nSPS) is 14.7. The van der Waals surface area contributed by atoms with Crippen LogP contribution in [0.25, 0.3) is 16.8 Å². The van der Waals surface area contributed by atoms with Crippen LogP contribution in [0.4, 0.5) is 5.69 Å². The van der Waals surface area contributed by atoms with E-state index in [0.717, 1.165) is 27.6 Å². The maximum absolute atomic E-state index is 13.3. The lowest BCUT2D eigenvalue weighted by Gasteiger charge is -2.17. The minimum absolute atomic E-state index is 0.136. The Balaban J connectivity index is 1.40. The van der Waals surface area contributed by atoms with Gasteiger partial charge in [-0.15, -0.1) is 0 Å². The van der Waals surface area contributed by atoms with Gasteiger partial charge in [-0.2, -0.15) is 0 Å². The Morgan fingerprint density at radius 2 is 1.79 bits per heavy atom. The fraction of sp³-hybridized carbons (Fsp3) is 0.0741. The summed E-state index contributed by atoms with van der Waals surface area (Å²) < 4.78 is 12.0. The highest BCUT2D eigenvalue weighted by Gasteiger charge is 2.34. The summed E-state index contributed by atoms with van der Waals surface area (Å²) in [7, 11) is 1.60. The van der Waals surface area contributed by atoms with Crippen LogP contribution in [-0.2, 0) is 11.4 Å². The van der Waals surface area contributed by atoms with E-state index in [-0.39, 0.29) is 5.91 Å². The molecule has 34 heavy (non-hydrogen) atoms. The highest BCUT2D eigenvalue weighted by Crippen LogP contribution is 2.39. The molecule has 0 radical (unpaired) electrons. The number of ether oxygens (including phenoxy) is 2. The van der Waals surface area contributed by atoms with Crippen LogP contribution in [0.5, 0.6) is 11.5 Å². The molecule has 1 fully saturated rings. The fourth-order valence-corrected chi connectivity index (χ4v) is 5.05. The molecular formula is C27H20N2O3S2. The van der Waals surface area contributed by atoms with Gasteiger partial charge in [0, 0.05) is 17.8 Å². The summed E-state index contributed by atoms with van der Waals surface area (Å²) >= 11 is 6.88. The van der Waals surface area contributed by atoms with Crippen LogP contribution in [0.1, 0.15) is 11.1 Å². The first-order valence-electron chi connectivity index (χ1n) is 10.6. The number of amides is 1. The first kappa shape index (κ1) is 22.1. The number of carbonyl (C=O) groups excluding carboxylic acids is 1. The van der Waals surface area contributed by atoms with Crippen molar-refractivity contribution in [1.29, 1.82) is 0 Å². The zero-order valence-electron chi connectivity index (χ0n) is 18.3. The van der Waals surface area contributed by atoms with Crippen LogP contribution in [0.3, 0.4) is 0 Å². The molecule has 5 nitrogen and oxygen atoms in total. The minimum Gasteiger partial charge on any atom is -0.493 e. The Hall–Kier alpha value is -3.68. The molecule has 7 heteroatoms. The van der Waals surface area contributed by atoms with Gasteiger partial charge in [-0.25, -0.2) is 0 Å². The van der Waals surface area contributed by atoms with Crippen molar-refractivity contribution in [2.24, 2.45) is 0 Å². The van der Waals surface area contributed by atoms with Crippen LogP contribution < -0.4 is 14.4 Å². The third kappa shape index (κ3) is 4.40. The van der Waals surface area contributed by atoms with Crippen molar-refractivity contribution in [1.82, 2.24) is 4.98 Å². The van der Waals surface area contributed by atoms with Gasteiger partial charge < -0.3 is 9.47 Å². The van der Waals surface area contributed by atoms with Crippen molar-refractivity contribution in [2.75, 3.05) is 12.0 Å². The lowest BCUT2D eigenvalue weighted by atomic mass is 10.1. The second-order valence-electron chi connectivity index (χ2n) is 7.57. The fourth-order valence-electron chi connectivity index (χ4n) is 3.76. The first-order valence-corrected chi connectivity index (χ1v) is 11.8. The average molecular weight is 485 g/mol. The Morgan fingerprint density at radius 3 is 2.62 bits per heavy atom. The number of anilines is 1. The van der Waals surface area contributed by atoms with Crippen molar-refractivity contribution in [2.45, 2.75) is 6.61 Å². The van der Waals surface area contributed by atoms with Gasteiger partial charge in [-0.3, -0.25) is 14.7 Å². The average Bonchev–Trinajstić information content (AvgIpc) is 3.15. The predicted molar refractivity (Wildman–Crippen MR) is 141 cm³/mol. The predicted octanol–water partition coefficient (Wildman–Crippen LogP) is 6.23. The van der Waals surface area contributed by atoms with E-state index in [2.05, 4.69) is 4.98 Å². The number of fused-ring (bicyclic) bond motifs is 1. The molecule has 5 rings (SSSR count). The summed E-state index contributed by atoms with van der Waals surface area (Å²) in [6, 6.07) is 23.3. The lowest BCUT2D eigenvalue weighted by molar-refractivity contribution is -0.113. The monoisotopic (exact) mass is 484 g/mol. The third-order valence-corrected chi connectivity index (χ3v) is 6.73. The van der Waals surface area contributed by atoms with Gasteiger partial charge in [0.1, 0.15) is 6.61 Å². The highest BCUT2D eigenvalue weighted by molar-refractivity contribution is 8.27. The molecule has 0 unspecified atom stereocenters. The summed E-state index contributed by atoms with van der Waals surface area (Å²) in [6.45, 7) is 0.405. The van der Waals surface area contributed by atoms with E-state index < -0.39 is 0 Å². The van der Waals surface area contributed by atoms with E-state index in [9.17, 15) is 4.79 Å². The SMILES string of the molecule is COc1cc(/C=C2\SC(=S)N(c3cccc4ccccc34)C2=O)ccc1OCc1ccncc1. The van der Waals surface area contributed by atoms with E-state index in [1.807, 2.05) is 78.9 Å². The van der Waals surface area contributed by atoms with Crippen LogP contribution >= 0.6 is 24.0 Å². The summed E-state index contributed by atoms with van der Waals surface area (Å²) in [5.41, 5.74) is 2.63. The van der Waals surface area contributed by atoms with E-state index in [4.69, 9.17) is 21.7 Å². The molecule has 0 bridgehead atoms. The van der Waals surface area contributed by atoms with Gasteiger partial charge >= 0.3 is 0 Å². The number of thioether (sulfide) groups is 1. The van der Waals surface area contributed by atoms with Crippen molar-refractivity contribution in [3.63, 3.8) is 0 Å². The molecule has 3 aromatic carbocycles. The molecule has 1 saturated heterocycles. The first-order chi connectivity index (χ1) is 16.6. The molecule has 168 valence electrons. The molecule has 0 saturated carbocycles.